The van der Waals surface area contributed by atoms with E-state index in [0.717, 1.165) is 6.92 Å². The molecule has 1 fully saturated rings. The van der Waals surface area contributed by atoms with Crippen molar-refractivity contribution in [1.82, 2.24) is 0 Å². The zero-order valence-electron chi connectivity index (χ0n) is 14.2. The van der Waals surface area contributed by atoms with Gasteiger partial charge in [0.05, 0.1) is 5.41 Å². The van der Waals surface area contributed by atoms with Gasteiger partial charge in [0.15, 0.2) is 23.3 Å². The van der Waals surface area contributed by atoms with Gasteiger partial charge in [-0.15, -0.1) is 0 Å². The van der Waals surface area contributed by atoms with Crippen molar-refractivity contribution >= 4 is 17.6 Å². The highest BCUT2D eigenvalue weighted by atomic mass is 35.5. The highest BCUT2D eigenvalue weighted by molar-refractivity contribution is 6.30. The molecule has 1 aromatic rings. The van der Waals surface area contributed by atoms with Crippen LogP contribution in [-0.2, 0) is 11.2 Å². The number of rotatable bonds is 4. The molecular weight excluding hydrogens is 405 g/mol. The quantitative estimate of drug-likeness (QED) is 0.517. The molecule has 0 aliphatic heterocycles. The van der Waals surface area contributed by atoms with Gasteiger partial charge < -0.3 is 5.11 Å². The van der Waals surface area contributed by atoms with E-state index in [9.17, 15) is 40.6 Å². The summed E-state index contributed by atoms with van der Waals surface area (Å²) in [7, 11) is 0. The Hall–Kier alpha value is -1.77. The number of carboxylic acid groups (broad SMARTS) is 1. The molecule has 0 bridgehead atoms. The average Bonchev–Trinajstić information content (AvgIpc) is 3.02. The van der Waals surface area contributed by atoms with E-state index in [0.29, 0.717) is 6.08 Å². The van der Waals surface area contributed by atoms with Gasteiger partial charge in [-0.2, -0.15) is 13.2 Å². The van der Waals surface area contributed by atoms with Crippen molar-refractivity contribution in [2.45, 2.75) is 33.4 Å². The van der Waals surface area contributed by atoms with Crippen molar-refractivity contribution in [2.75, 3.05) is 0 Å². The molecule has 2 rings (SSSR count). The van der Waals surface area contributed by atoms with Gasteiger partial charge in [0, 0.05) is 17.0 Å². The molecule has 2 nitrogen and oxygen atoms in total. The summed E-state index contributed by atoms with van der Waals surface area (Å²) in [6.07, 6.45) is -5.54. The Morgan fingerprint density at radius 1 is 1.11 bits per heavy atom. The second-order valence-corrected chi connectivity index (χ2v) is 7.43. The zero-order valence-corrected chi connectivity index (χ0v) is 15.0. The van der Waals surface area contributed by atoms with Crippen LogP contribution < -0.4 is 0 Å². The molecule has 1 aliphatic rings. The molecule has 0 heterocycles. The van der Waals surface area contributed by atoms with E-state index in [2.05, 4.69) is 0 Å². The van der Waals surface area contributed by atoms with E-state index in [1.165, 1.54) is 13.8 Å². The number of carbonyl (C=O) groups is 1. The molecule has 0 amide bonds. The molecule has 1 N–H and O–H groups in total. The number of allylic oxidation sites excluding steroid dienone is 2. The van der Waals surface area contributed by atoms with E-state index in [-0.39, 0.29) is 0 Å². The molecule has 0 spiro atoms. The summed E-state index contributed by atoms with van der Waals surface area (Å²) in [5, 5.41) is 7.98. The number of carboxylic acids is 1. The first-order valence-electron chi connectivity index (χ1n) is 7.60. The van der Waals surface area contributed by atoms with E-state index in [4.69, 9.17) is 11.6 Å². The van der Waals surface area contributed by atoms with Gasteiger partial charge in [-0.05, 0) is 18.8 Å². The van der Waals surface area contributed by atoms with Crippen molar-refractivity contribution < 1.29 is 40.6 Å². The van der Waals surface area contributed by atoms with Gasteiger partial charge >= 0.3 is 12.1 Å². The van der Waals surface area contributed by atoms with Gasteiger partial charge in [0.2, 0.25) is 0 Å². The van der Waals surface area contributed by atoms with E-state index < -0.39 is 74.7 Å². The zero-order chi connectivity index (χ0) is 21.1. The monoisotopic (exact) mass is 418 g/mol. The molecule has 0 saturated heterocycles. The van der Waals surface area contributed by atoms with Crippen LogP contribution in [0.25, 0.3) is 0 Å². The number of hydrogen-bond donors (Lipinski definition) is 1. The number of hydrogen-bond acceptors (Lipinski definition) is 1. The number of benzene rings is 1. The first-order valence-corrected chi connectivity index (χ1v) is 7.97. The van der Waals surface area contributed by atoms with E-state index in [1.54, 1.807) is 0 Å². The minimum Gasteiger partial charge on any atom is -0.481 e. The first-order chi connectivity index (χ1) is 12.1. The summed E-state index contributed by atoms with van der Waals surface area (Å²) < 4.78 is 93.9. The summed E-state index contributed by atoms with van der Waals surface area (Å²) in [5.41, 5.74) is -5.65. The SMILES string of the molecule is Cc1c(F)c(F)c(C[C@@]2(C(=O)O)[C@H](/C=C(\Cl)C(F)(F)F)C2(C)C)c(F)c1F. The van der Waals surface area contributed by atoms with Gasteiger partial charge in [0.25, 0.3) is 0 Å². The predicted octanol–water partition coefficient (Wildman–Crippen LogP) is 5.51. The third-order valence-corrected chi connectivity index (χ3v) is 5.71. The van der Waals surface area contributed by atoms with Crippen LogP contribution in [0.3, 0.4) is 0 Å². The summed E-state index contributed by atoms with van der Waals surface area (Å²) in [5.74, 6) is -9.98. The van der Waals surface area contributed by atoms with Gasteiger partial charge in [0.1, 0.15) is 5.03 Å². The predicted molar refractivity (Wildman–Crippen MR) is 82.0 cm³/mol. The Balaban J connectivity index is 2.60. The topological polar surface area (TPSA) is 37.3 Å². The molecule has 1 aromatic carbocycles. The molecule has 0 radical (unpaired) electrons. The normalized spacial score (nSPS) is 24.9. The van der Waals surface area contributed by atoms with Crippen molar-refractivity contribution in [2.24, 2.45) is 16.7 Å². The van der Waals surface area contributed by atoms with Gasteiger partial charge in [-0.1, -0.05) is 31.5 Å². The molecule has 2 atom stereocenters. The molecule has 0 aromatic heterocycles. The maximum atomic E-state index is 14.2. The van der Waals surface area contributed by atoms with Crippen LogP contribution in [0.5, 0.6) is 0 Å². The Labute approximate surface area is 154 Å². The number of alkyl halides is 3. The third-order valence-electron chi connectivity index (χ3n) is 5.37. The minimum atomic E-state index is -4.94. The second-order valence-electron chi connectivity index (χ2n) is 7.02. The lowest BCUT2D eigenvalue weighted by Gasteiger charge is -2.18. The van der Waals surface area contributed by atoms with Crippen LogP contribution in [0, 0.1) is 46.9 Å². The maximum Gasteiger partial charge on any atom is 0.426 e. The van der Waals surface area contributed by atoms with Crippen molar-refractivity contribution in [3.8, 4) is 0 Å². The minimum absolute atomic E-state index is 0.451. The second kappa shape index (κ2) is 6.39. The van der Waals surface area contributed by atoms with Crippen LogP contribution in [0.1, 0.15) is 25.0 Å². The Morgan fingerprint density at radius 2 is 1.56 bits per heavy atom. The van der Waals surface area contributed by atoms with Crippen LogP contribution in [-0.4, -0.2) is 17.3 Å². The molecular formula is C17H14ClF7O2. The molecule has 0 unspecified atom stereocenters. The number of aliphatic carboxylic acids is 1. The standard InChI is InChI=1S/C17H14ClF7O2/c1-6-10(19)12(21)7(13(22)11(6)20)5-16(14(26)27)8(15(16,2)3)4-9(18)17(23,24)25/h4,8H,5H2,1-3H3,(H,26,27)/b9-4-/t8-,16+/m1/s1. The lowest BCUT2D eigenvalue weighted by atomic mass is 9.87. The first kappa shape index (κ1) is 21.5. The van der Waals surface area contributed by atoms with Crippen LogP contribution in [0.2, 0.25) is 0 Å². The molecule has 1 aliphatic carbocycles. The fourth-order valence-electron chi connectivity index (χ4n) is 3.53. The Morgan fingerprint density at radius 3 is 1.93 bits per heavy atom. The molecule has 10 heteroatoms. The van der Waals surface area contributed by atoms with E-state index in [1.807, 2.05) is 0 Å². The van der Waals surface area contributed by atoms with Crippen LogP contribution in [0.15, 0.2) is 11.1 Å². The molecule has 150 valence electrons. The number of halogens is 8. The van der Waals surface area contributed by atoms with Crippen molar-refractivity contribution in [1.29, 1.82) is 0 Å². The van der Waals surface area contributed by atoms with E-state index >= 15 is 0 Å². The van der Waals surface area contributed by atoms with Crippen LogP contribution in [0.4, 0.5) is 30.7 Å². The summed E-state index contributed by atoms with van der Waals surface area (Å²) in [6.45, 7) is 3.32. The van der Waals surface area contributed by atoms with Crippen LogP contribution >= 0.6 is 11.6 Å². The lowest BCUT2D eigenvalue weighted by molar-refractivity contribution is -0.145. The molecule has 27 heavy (non-hydrogen) atoms. The van der Waals surface area contributed by atoms with Gasteiger partial charge in [-0.25, -0.2) is 17.6 Å². The summed E-state index contributed by atoms with van der Waals surface area (Å²) in [6, 6.07) is 0. The third kappa shape index (κ3) is 3.09. The van der Waals surface area contributed by atoms with Gasteiger partial charge in [-0.3, -0.25) is 4.79 Å². The Bertz CT molecular complexity index is 816. The molecule has 1 saturated carbocycles. The maximum absolute atomic E-state index is 14.2. The summed E-state index contributed by atoms with van der Waals surface area (Å²) in [4.78, 5) is 11.8. The lowest BCUT2D eigenvalue weighted by Crippen LogP contribution is -2.26. The highest BCUT2D eigenvalue weighted by Gasteiger charge is 2.75. The average molecular weight is 419 g/mol. The fourth-order valence-corrected chi connectivity index (χ4v) is 3.66. The highest BCUT2D eigenvalue weighted by Crippen LogP contribution is 2.71. The van der Waals surface area contributed by atoms with Crippen molar-refractivity contribution in [3.05, 3.63) is 45.5 Å². The Kier molecular flexibility index (Phi) is 5.10. The smallest absolute Gasteiger partial charge is 0.426 e. The van der Waals surface area contributed by atoms with Crippen molar-refractivity contribution in [3.63, 3.8) is 0 Å². The largest absolute Gasteiger partial charge is 0.481 e. The fraction of sp³-hybridized carbons (Fsp3) is 0.471. The summed E-state index contributed by atoms with van der Waals surface area (Å²) >= 11 is 5.16.